The topological polar surface area (TPSA) is 48.9 Å². The van der Waals surface area contributed by atoms with Gasteiger partial charge in [0, 0.05) is 29.0 Å². The minimum absolute atomic E-state index is 0.667. The summed E-state index contributed by atoms with van der Waals surface area (Å²) in [5.74, 6) is 0. The van der Waals surface area contributed by atoms with E-state index in [1.165, 1.54) is 10.8 Å². The third-order valence-corrected chi connectivity index (χ3v) is 3.87. The molecule has 0 aliphatic rings. The van der Waals surface area contributed by atoms with E-state index in [0.29, 0.717) is 0 Å². The van der Waals surface area contributed by atoms with Gasteiger partial charge in [-0.3, -0.25) is 4.98 Å². The fraction of sp³-hybridized carbons (Fsp3) is 0.0556. The third kappa shape index (κ3) is 1.99. The predicted octanol–water partition coefficient (Wildman–Crippen LogP) is 3.80. The molecule has 0 radical (unpaired) electrons. The van der Waals surface area contributed by atoms with Crippen LogP contribution in [-0.4, -0.2) is 15.1 Å². The number of nitrogens with zero attached hydrogens (tertiary/aromatic N) is 1. The zero-order valence-electron chi connectivity index (χ0n) is 11.3. The molecule has 0 aliphatic heterocycles. The number of aromatic amines is 1. The van der Waals surface area contributed by atoms with Gasteiger partial charge in [-0.05, 0) is 40.6 Å². The monoisotopic (exact) mass is 274 g/mol. The van der Waals surface area contributed by atoms with Crippen LogP contribution >= 0.6 is 0 Å². The van der Waals surface area contributed by atoms with Gasteiger partial charge in [-0.15, -0.1) is 0 Å². The van der Waals surface area contributed by atoms with Crippen molar-refractivity contribution in [3.8, 4) is 0 Å². The summed E-state index contributed by atoms with van der Waals surface area (Å²) in [6.45, 7) is 0. The zero-order chi connectivity index (χ0) is 14.2. The summed E-state index contributed by atoms with van der Waals surface area (Å²) in [5.41, 5.74) is 2.67. The van der Waals surface area contributed by atoms with Crippen LogP contribution in [0, 0.1) is 0 Å². The average Bonchev–Trinajstić information content (AvgIpc) is 2.99. The second kappa shape index (κ2) is 4.72. The molecule has 0 saturated heterocycles. The highest BCUT2D eigenvalue weighted by molar-refractivity contribution is 6.06. The molecule has 0 fully saturated rings. The number of H-pyrrole nitrogens is 1. The van der Waals surface area contributed by atoms with Crippen LogP contribution in [-0.2, 0) is 0 Å². The Kier molecular flexibility index (Phi) is 2.72. The number of pyridine rings is 1. The lowest BCUT2D eigenvalue weighted by molar-refractivity contribution is 0.216. The smallest absolute Gasteiger partial charge is 0.119 e. The summed E-state index contributed by atoms with van der Waals surface area (Å²) in [6.07, 6.45) is 2.71. The van der Waals surface area contributed by atoms with E-state index in [-0.39, 0.29) is 0 Å². The molecule has 0 spiro atoms. The van der Waals surface area contributed by atoms with Gasteiger partial charge in [-0.2, -0.15) is 0 Å². The van der Waals surface area contributed by atoms with Gasteiger partial charge >= 0.3 is 0 Å². The van der Waals surface area contributed by atoms with E-state index in [2.05, 4.69) is 34.2 Å². The number of nitrogens with one attached hydrogen (secondary N) is 1. The van der Waals surface area contributed by atoms with E-state index in [0.717, 1.165) is 22.2 Å². The zero-order valence-corrected chi connectivity index (χ0v) is 11.3. The van der Waals surface area contributed by atoms with Crippen LogP contribution in [0.3, 0.4) is 0 Å². The molecular weight excluding hydrogens is 260 g/mol. The van der Waals surface area contributed by atoms with Gasteiger partial charge in [-0.25, -0.2) is 0 Å². The normalized spacial score (nSPS) is 12.8. The molecule has 102 valence electrons. The molecular formula is C18H14N2O. The first-order valence-corrected chi connectivity index (χ1v) is 6.91. The van der Waals surface area contributed by atoms with E-state index in [4.69, 9.17) is 0 Å². The number of rotatable bonds is 2. The lowest BCUT2D eigenvalue weighted by atomic mass is 10.1. The molecule has 3 nitrogen and oxygen atoms in total. The standard InChI is InChI=1S/C18H14N2O/c21-18(13-7-9-19-10-8-13)17-11-15-14-4-2-1-3-12(14)5-6-16(15)20-17/h1-11,18,20-21H. The summed E-state index contributed by atoms with van der Waals surface area (Å²) in [6, 6.07) is 18.1. The maximum absolute atomic E-state index is 10.5. The summed E-state index contributed by atoms with van der Waals surface area (Å²) in [7, 11) is 0. The van der Waals surface area contributed by atoms with E-state index in [1.54, 1.807) is 12.4 Å². The largest absolute Gasteiger partial charge is 0.382 e. The first-order chi connectivity index (χ1) is 10.3. The van der Waals surface area contributed by atoms with Crippen LogP contribution in [0.25, 0.3) is 21.7 Å². The Bertz CT molecular complexity index is 912. The summed E-state index contributed by atoms with van der Waals surface area (Å²) in [5, 5.41) is 14.0. The van der Waals surface area contributed by atoms with Gasteiger partial charge in [0.25, 0.3) is 0 Å². The molecule has 0 bridgehead atoms. The van der Waals surface area contributed by atoms with Gasteiger partial charge in [0.2, 0.25) is 0 Å². The minimum atomic E-state index is -0.667. The first-order valence-electron chi connectivity index (χ1n) is 6.91. The molecule has 2 N–H and O–H groups in total. The lowest BCUT2D eigenvalue weighted by Crippen LogP contribution is -1.99. The van der Waals surface area contributed by atoms with Gasteiger partial charge in [0.15, 0.2) is 0 Å². The lowest BCUT2D eigenvalue weighted by Gasteiger charge is -2.07. The van der Waals surface area contributed by atoms with Crippen LogP contribution in [0.15, 0.2) is 67.0 Å². The molecule has 1 unspecified atom stereocenters. The van der Waals surface area contributed by atoms with Crippen molar-refractivity contribution in [2.45, 2.75) is 6.10 Å². The fourth-order valence-corrected chi connectivity index (χ4v) is 2.78. The number of aromatic nitrogens is 2. The maximum atomic E-state index is 10.5. The number of aliphatic hydroxyl groups excluding tert-OH is 1. The molecule has 1 atom stereocenters. The van der Waals surface area contributed by atoms with Crippen molar-refractivity contribution in [1.82, 2.24) is 9.97 Å². The first kappa shape index (κ1) is 12.1. The Hall–Kier alpha value is -2.65. The van der Waals surface area contributed by atoms with Crippen LogP contribution < -0.4 is 0 Å². The molecule has 2 heterocycles. The highest BCUT2D eigenvalue weighted by atomic mass is 16.3. The van der Waals surface area contributed by atoms with Gasteiger partial charge < -0.3 is 10.1 Å². The van der Waals surface area contributed by atoms with Gasteiger partial charge in [0.05, 0.1) is 0 Å². The van der Waals surface area contributed by atoms with E-state index in [1.807, 2.05) is 30.3 Å². The Morgan fingerprint density at radius 2 is 1.71 bits per heavy atom. The quantitative estimate of drug-likeness (QED) is 0.584. The van der Waals surface area contributed by atoms with Gasteiger partial charge in [0.1, 0.15) is 6.10 Å². The Balaban J connectivity index is 1.89. The number of benzene rings is 2. The van der Waals surface area contributed by atoms with Crippen molar-refractivity contribution in [1.29, 1.82) is 0 Å². The molecule has 2 aromatic heterocycles. The number of aliphatic hydroxyl groups is 1. The third-order valence-electron chi connectivity index (χ3n) is 3.87. The minimum Gasteiger partial charge on any atom is -0.382 e. The van der Waals surface area contributed by atoms with Crippen molar-refractivity contribution in [2.75, 3.05) is 0 Å². The molecule has 4 aromatic rings. The molecule has 21 heavy (non-hydrogen) atoms. The molecule has 0 saturated carbocycles. The van der Waals surface area contributed by atoms with E-state index < -0.39 is 6.10 Å². The fourth-order valence-electron chi connectivity index (χ4n) is 2.78. The summed E-state index contributed by atoms with van der Waals surface area (Å²) in [4.78, 5) is 7.30. The van der Waals surface area contributed by atoms with E-state index in [9.17, 15) is 5.11 Å². The number of hydrogen-bond acceptors (Lipinski definition) is 2. The summed E-state index contributed by atoms with van der Waals surface area (Å²) < 4.78 is 0. The SMILES string of the molecule is OC(c1ccncc1)c1cc2c(ccc3ccccc32)[nH]1. The molecule has 0 aliphatic carbocycles. The molecule has 3 heteroatoms. The van der Waals surface area contributed by atoms with Crippen molar-refractivity contribution in [2.24, 2.45) is 0 Å². The average molecular weight is 274 g/mol. The summed E-state index contributed by atoms with van der Waals surface area (Å²) >= 11 is 0. The van der Waals surface area contributed by atoms with Crippen molar-refractivity contribution >= 4 is 21.7 Å². The second-order valence-corrected chi connectivity index (χ2v) is 5.16. The van der Waals surface area contributed by atoms with Crippen molar-refractivity contribution in [3.63, 3.8) is 0 Å². The molecule has 4 rings (SSSR count). The van der Waals surface area contributed by atoms with Crippen molar-refractivity contribution in [3.05, 3.63) is 78.2 Å². The predicted molar refractivity (Wildman–Crippen MR) is 84.1 cm³/mol. The molecule has 2 aromatic carbocycles. The van der Waals surface area contributed by atoms with Crippen LogP contribution in [0.5, 0.6) is 0 Å². The highest BCUT2D eigenvalue weighted by Crippen LogP contribution is 2.29. The van der Waals surface area contributed by atoms with Crippen LogP contribution in [0.4, 0.5) is 0 Å². The Morgan fingerprint density at radius 1 is 0.905 bits per heavy atom. The van der Waals surface area contributed by atoms with E-state index >= 15 is 0 Å². The van der Waals surface area contributed by atoms with Crippen molar-refractivity contribution < 1.29 is 5.11 Å². The van der Waals surface area contributed by atoms with Crippen LogP contribution in [0.1, 0.15) is 17.4 Å². The second-order valence-electron chi connectivity index (χ2n) is 5.16. The molecule has 0 amide bonds. The van der Waals surface area contributed by atoms with Gasteiger partial charge in [-0.1, -0.05) is 30.3 Å². The highest BCUT2D eigenvalue weighted by Gasteiger charge is 2.13. The Labute approximate surface area is 121 Å². The van der Waals surface area contributed by atoms with Crippen LogP contribution in [0.2, 0.25) is 0 Å². The maximum Gasteiger partial charge on any atom is 0.119 e. The Morgan fingerprint density at radius 3 is 2.57 bits per heavy atom. The number of hydrogen-bond donors (Lipinski definition) is 2. The number of fused-ring (bicyclic) bond motifs is 3.